The number of piperidine rings is 1. The van der Waals surface area contributed by atoms with E-state index in [-0.39, 0.29) is 0 Å². The van der Waals surface area contributed by atoms with Crippen LogP contribution in [-0.4, -0.2) is 36.1 Å². The van der Waals surface area contributed by atoms with E-state index in [1.54, 1.807) is 0 Å². The molecule has 1 heterocycles. The number of hydrogen-bond donors (Lipinski definition) is 1. The van der Waals surface area contributed by atoms with Gasteiger partial charge in [-0.15, -0.1) is 0 Å². The summed E-state index contributed by atoms with van der Waals surface area (Å²) in [6.45, 7) is 9.69. The first kappa shape index (κ1) is 13.4. The van der Waals surface area contributed by atoms with Gasteiger partial charge in [0.15, 0.2) is 0 Å². The summed E-state index contributed by atoms with van der Waals surface area (Å²) in [5, 5.41) is 3.73. The Morgan fingerprint density at radius 1 is 1.24 bits per heavy atom. The van der Waals surface area contributed by atoms with E-state index in [2.05, 4.69) is 31.0 Å². The lowest BCUT2D eigenvalue weighted by molar-refractivity contribution is 0.0760. The van der Waals surface area contributed by atoms with Gasteiger partial charge in [-0.2, -0.15) is 0 Å². The minimum Gasteiger partial charge on any atom is -0.312 e. The third-order valence-corrected chi connectivity index (χ3v) is 4.50. The van der Waals surface area contributed by atoms with E-state index in [4.69, 9.17) is 0 Å². The van der Waals surface area contributed by atoms with Crippen LogP contribution in [0, 0.1) is 5.92 Å². The molecule has 2 heteroatoms. The SMILES string of the molecule is CCCC(CNC1CC1)N1CCC(C)CC1C. The quantitative estimate of drug-likeness (QED) is 0.765. The van der Waals surface area contributed by atoms with Crippen molar-refractivity contribution in [2.75, 3.05) is 13.1 Å². The minimum atomic E-state index is 0.781. The van der Waals surface area contributed by atoms with Gasteiger partial charge >= 0.3 is 0 Å². The van der Waals surface area contributed by atoms with E-state index in [0.717, 1.165) is 24.0 Å². The molecular formula is C15H30N2. The van der Waals surface area contributed by atoms with Crippen molar-refractivity contribution in [1.29, 1.82) is 0 Å². The van der Waals surface area contributed by atoms with Crippen LogP contribution in [-0.2, 0) is 0 Å². The van der Waals surface area contributed by atoms with Crippen LogP contribution >= 0.6 is 0 Å². The van der Waals surface area contributed by atoms with E-state index in [1.165, 1.54) is 51.6 Å². The summed E-state index contributed by atoms with van der Waals surface area (Å²) >= 11 is 0. The highest BCUT2D eigenvalue weighted by molar-refractivity contribution is 4.87. The Labute approximate surface area is 107 Å². The molecule has 0 aromatic rings. The first-order valence-electron chi connectivity index (χ1n) is 7.69. The Morgan fingerprint density at radius 3 is 2.59 bits per heavy atom. The van der Waals surface area contributed by atoms with Gasteiger partial charge in [-0.1, -0.05) is 20.3 Å². The van der Waals surface area contributed by atoms with Crippen LogP contribution in [0.3, 0.4) is 0 Å². The van der Waals surface area contributed by atoms with Gasteiger partial charge in [0.2, 0.25) is 0 Å². The molecule has 0 bridgehead atoms. The molecule has 0 aromatic carbocycles. The first-order chi connectivity index (χ1) is 8.20. The maximum atomic E-state index is 3.73. The number of rotatable bonds is 6. The predicted molar refractivity (Wildman–Crippen MR) is 74.3 cm³/mol. The third kappa shape index (κ3) is 3.96. The standard InChI is InChI=1S/C15H30N2/c1-4-5-15(11-16-14-6-7-14)17-9-8-12(2)10-13(17)3/h12-16H,4-11H2,1-3H3. The normalized spacial score (nSPS) is 32.6. The lowest BCUT2D eigenvalue weighted by Gasteiger charge is -2.42. The zero-order valence-electron chi connectivity index (χ0n) is 11.9. The van der Waals surface area contributed by atoms with Crippen molar-refractivity contribution in [2.45, 2.75) is 77.4 Å². The summed E-state index contributed by atoms with van der Waals surface area (Å²) in [7, 11) is 0. The van der Waals surface area contributed by atoms with Gasteiger partial charge < -0.3 is 5.32 Å². The van der Waals surface area contributed by atoms with Crippen molar-refractivity contribution >= 4 is 0 Å². The molecular weight excluding hydrogens is 208 g/mol. The third-order valence-electron chi connectivity index (χ3n) is 4.50. The second-order valence-corrected chi connectivity index (χ2v) is 6.34. The van der Waals surface area contributed by atoms with Gasteiger partial charge in [-0.3, -0.25) is 4.90 Å². The van der Waals surface area contributed by atoms with Crippen molar-refractivity contribution in [1.82, 2.24) is 10.2 Å². The van der Waals surface area contributed by atoms with Crippen molar-refractivity contribution in [2.24, 2.45) is 5.92 Å². The summed E-state index contributed by atoms with van der Waals surface area (Å²) in [6.07, 6.45) is 8.28. The molecule has 1 aliphatic heterocycles. The van der Waals surface area contributed by atoms with Crippen molar-refractivity contribution in [3.63, 3.8) is 0 Å². The van der Waals surface area contributed by atoms with Crippen LogP contribution in [0.1, 0.15) is 59.3 Å². The molecule has 0 aromatic heterocycles. The average Bonchev–Trinajstić information content (AvgIpc) is 3.09. The Balaban J connectivity index is 1.84. The summed E-state index contributed by atoms with van der Waals surface area (Å²) < 4.78 is 0. The molecule has 0 amide bonds. The van der Waals surface area contributed by atoms with Crippen LogP contribution in [0.2, 0.25) is 0 Å². The van der Waals surface area contributed by atoms with Crippen LogP contribution < -0.4 is 5.32 Å². The maximum Gasteiger partial charge on any atom is 0.0223 e. The molecule has 17 heavy (non-hydrogen) atoms. The fourth-order valence-corrected chi connectivity index (χ4v) is 3.28. The monoisotopic (exact) mass is 238 g/mol. The fraction of sp³-hybridized carbons (Fsp3) is 1.00. The molecule has 100 valence electrons. The average molecular weight is 238 g/mol. The van der Waals surface area contributed by atoms with E-state index in [1.807, 2.05) is 0 Å². The number of nitrogens with zero attached hydrogens (tertiary/aromatic N) is 1. The Morgan fingerprint density at radius 2 is 2.00 bits per heavy atom. The summed E-state index contributed by atoms with van der Waals surface area (Å²) in [5.74, 6) is 0.930. The van der Waals surface area contributed by atoms with Gasteiger partial charge in [0.1, 0.15) is 0 Å². The van der Waals surface area contributed by atoms with Crippen molar-refractivity contribution in [3.05, 3.63) is 0 Å². The first-order valence-corrected chi connectivity index (χ1v) is 7.69. The molecule has 2 fully saturated rings. The number of likely N-dealkylation sites (tertiary alicyclic amines) is 1. The predicted octanol–water partition coefficient (Wildman–Crippen LogP) is 3.03. The maximum absolute atomic E-state index is 3.73. The van der Waals surface area contributed by atoms with Gasteiger partial charge in [0.25, 0.3) is 0 Å². The van der Waals surface area contributed by atoms with Crippen molar-refractivity contribution in [3.8, 4) is 0 Å². The van der Waals surface area contributed by atoms with Crippen LogP contribution in [0.5, 0.6) is 0 Å². The second kappa shape index (κ2) is 6.19. The largest absolute Gasteiger partial charge is 0.312 e. The summed E-state index contributed by atoms with van der Waals surface area (Å²) in [5.41, 5.74) is 0. The van der Waals surface area contributed by atoms with Crippen LogP contribution in [0.15, 0.2) is 0 Å². The van der Waals surface area contributed by atoms with E-state index < -0.39 is 0 Å². The molecule has 1 saturated carbocycles. The topological polar surface area (TPSA) is 15.3 Å². The molecule has 2 rings (SSSR count). The Bertz CT molecular complexity index is 225. The van der Waals surface area contributed by atoms with Crippen LogP contribution in [0.4, 0.5) is 0 Å². The molecule has 0 radical (unpaired) electrons. The highest BCUT2D eigenvalue weighted by Gasteiger charge is 2.29. The van der Waals surface area contributed by atoms with Crippen LogP contribution in [0.25, 0.3) is 0 Å². The summed E-state index contributed by atoms with van der Waals surface area (Å²) in [6, 6.07) is 2.42. The highest BCUT2D eigenvalue weighted by Crippen LogP contribution is 2.26. The van der Waals surface area contributed by atoms with Crippen molar-refractivity contribution < 1.29 is 0 Å². The zero-order chi connectivity index (χ0) is 12.3. The molecule has 1 aliphatic carbocycles. The summed E-state index contributed by atoms with van der Waals surface area (Å²) in [4.78, 5) is 2.78. The Hall–Kier alpha value is -0.0800. The lowest BCUT2D eigenvalue weighted by Crippen LogP contribution is -2.50. The minimum absolute atomic E-state index is 0.781. The number of hydrogen-bond acceptors (Lipinski definition) is 2. The molecule has 3 unspecified atom stereocenters. The van der Waals surface area contributed by atoms with Gasteiger partial charge in [-0.05, 0) is 51.5 Å². The second-order valence-electron chi connectivity index (χ2n) is 6.34. The molecule has 1 N–H and O–H groups in total. The highest BCUT2D eigenvalue weighted by atomic mass is 15.2. The Kier molecular flexibility index (Phi) is 4.87. The van der Waals surface area contributed by atoms with Gasteiger partial charge in [0, 0.05) is 24.7 Å². The van der Waals surface area contributed by atoms with Gasteiger partial charge in [0.05, 0.1) is 0 Å². The van der Waals surface area contributed by atoms with E-state index in [9.17, 15) is 0 Å². The van der Waals surface area contributed by atoms with E-state index in [0.29, 0.717) is 0 Å². The molecule has 3 atom stereocenters. The smallest absolute Gasteiger partial charge is 0.0223 e. The molecule has 2 nitrogen and oxygen atoms in total. The fourth-order valence-electron chi connectivity index (χ4n) is 3.28. The van der Waals surface area contributed by atoms with E-state index >= 15 is 0 Å². The van der Waals surface area contributed by atoms with Gasteiger partial charge in [-0.25, -0.2) is 0 Å². The molecule has 0 spiro atoms. The lowest BCUT2D eigenvalue weighted by atomic mass is 9.91. The molecule has 1 saturated heterocycles. The number of nitrogens with one attached hydrogen (secondary N) is 1. The zero-order valence-corrected chi connectivity index (χ0v) is 11.9. The molecule has 2 aliphatic rings.